The Balaban J connectivity index is 1.77. The summed E-state index contributed by atoms with van der Waals surface area (Å²) in [6.45, 7) is 5.37. The second-order valence-electron chi connectivity index (χ2n) is 8.51. The van der Waals surface area contributed by atoms with E-state index in [0.29, 0.717) is 30.1 Å². The number of amides is 1. The number of likely N-dealkylation sites (tertiary alicyclic amines) is 1. The summed E-state index contributed by atoms with van der Waals surface area (Å²) in [5.74, 6) is -0.834. The molecule has 2 aliphatic heterocycles. The van der Waals surface area contributed by atoms with Gasteiger partial charge in [-0.05, 0) is 67.6 Å². The number of hydrogen-bond acceptors (Lipinski definition) is 6. The first-order chi connectivity index (χ1) is 15.9. The summed E-state index contributed by atoms with van der Waals surface area (Å²) < 4.78 is 11.4. The lowest BCUT2D eigenvalue weighted by Crippen LogP contribution is -2.36. The number of aromatic hydroxyl groups is 1. The Morgan fingerprint density at radius 1 is 1.18 bits per heavy atom. The number of phenols is 1. The van der Waals surface area contributed by atoms with E-state index in [1.807, 2.05) is 13.8 Å². The number of rotatable bonds is 7. The van der Waals surface area contributed by atoms with Crippen LogP contribution in [0.2, 0.25) is 0 Å². The van der Waals surface area contributed by atoms with Gasteiger partial charge in [0.2, 0.25) is 0 Å². The molecule has 7 nitrogen and oxygen atoms in total. The molecule has 2 N–H and O–H groups in total. The number of nitrogens with zero attached hydrogens (tertiary/aromatic N) is 1. The van der Waals surface area contributed by atoms with Gasteiger partial charge < -0.3 is 24.6 Å². The number of carbonyl (C=O) groups excluding carboxylic acids is 2. The Hall–Kier alpha value is -3.32. The number of hydrogen-bond donors (Lipinski definition) is 2. The van der Waals surface area contributed by atoms with E-state index in [4.69, 9.17) is 9.47 Å². The first kappa shape index (κ1) is 22.9. The maximum absolute atomic E-state index is 13.1. The monoisotopic (exact) mass is 451 g/mol. The lowest BCUT2D eigenvalue weighted by molar-refractivity contribution is -0.140. The molecule has 0 radical (unpaired) electrons. The van der Waals surface area contributed by atoms with E-state index >= 15 is 0 Å². The molecule has 2 unspecified atom stereocenters. The molecular weight excluding hydrogens is 422 g/mol. The SMILES string of the molecule is CCCOc1ccc(/C(O)=C2/C(=O)C(=O)N(CC3CCCO3)C2c2ccc(O)cc2)cc1C. The van der Waals surface area contributed by atoms with Crippen LogP contribution in [0.25, 0.3) is 5.76 Å². The summed E-state index contributed by atoms with van der Waals surface area (Å²) in [6, 6.07) is 10.8. The van der Waals surface area contributed by atoms with Crippen LogP contribution in [-0.4, -0.2) is 52.7 Å². The number of aliphatic hydroxyl groups is 1. The van der Waals surface area contributed by atoms with Gasteiger partial charge in [0.15, 0.2) is 0 Å². The largest absolute Gasteiger partial charge is 0.508 e. The second-order valence-corrected chi connectivity index (χ2v) is 8.51. The van der Waals surface area contributed by atoms with Gasteiger partial charge >= 0.3 is 0 Å². The van der Waals surface area contributed by atoms with Crippen LogP contribution in [0.4, 0.5) is 0 Å². The molecule has 0 bridgehead atoms. The van der Waals surface area contributed by atoms with Crippen molar-refractivity contribution in [2.75, 3.05) is 19.8 Å². The van der Waals surface area contributed by atoms with E-state index in [9.17, 15) is 19.8 Å². The van der Waals surface area contributed by atoms with Gasteiger partial charge in [-0.2, -0.15) is 0 Å². The maximum atomic E-state index is 13.1. The summed E-state index contributed by atoms with van der Waals surface area (Å²) in [6.07, 6.45) is 2.44. The van der Waals surface area contributed by atoms with Crippen molar-refractivity contribution in [2.24, 2.45) is 0 Å². The Morgan fingerprint density at radius 2 is 1.94 bits per heavy atom. The molecule has 0 saturated carbocycles. The normalized spacial score (nSPS) is 22.2. The van der Waals surface area contributed by atoms with Gasteiger partial charge in [-0.3, -0.25) is 9.59 Å². The quantitative estimate of drug-likeness (QED) is 0.374. The third-order valence-corrected chi connectivity index (χ3v) is 6.08. The highest BCUT2D eigenvalue weighted by atomic mass is 16.5. The number of ether oxygens (including phenoxy) is 2. The molecule has 174 valence electrons. The van der Waals surface area contributed by atoms with E-state index < -0.39 is 17.7 Å². The van der Waals surface area contributed by atoms with E-state index in [-0.39, 0.29) is 29.7 Å². The number of aliphatic hydroxyl groups excluding tert-OH is 1. The number of ketones is 1. The van der Waals surface area contributed by atoms with Crippen molar-refractivity contribution in [3.63, 3.8) is 0 Å². The highest BCUT2D eigenvalue weighted by Crippen LogP contribution is 2.40. The molecule has 2 aromatic carbocycles. The molecular formula is C26H29NO6. The van der Waals surface area contributed by atoms with E-state index in [0.717, 1.165) is 24.8 Å². The maximum Gasteiger partial charge on any atom is 0.295 e. The van der Waals surface area contributed by atoms with Crippen LogP contribution in [0.1, 0.15) is 48.9 Å². The molecule has 2 aromatic rings. The third kappa shape index (κ3) is 4.59. The molecule has 2 fully saturated rings. The predicted octanol–water partition coefficient (Wildman–Crippen LogP) is 4.09. The number of benzene rings is 2. The second kappa shape index (κ2) is 9.67. The zero-order valence-electron chi connectivity index (χ0n) is 18.9. The topological polar surface area (TPSA) is 96.3 Å². The molecule has 33 heavy (non-hydrogen) atoms. The van der Waals surface area contributed by atoms with Crippen LogP contribution in [0.15, 0.2) is 48.0 Å². The molecule has 7 heteroatoms. The number of carbonyl (C=O) groups is 2. The summed E-state index contributed by atoms with van der Waals surface area (Å²) in [5, 5.41) is 21.0. The highest BCUT2D eigenvalue weighted by molar-refractivity contribution is 6.46. The fourth-order valence-corrected chi connectivity index (χ4v) is 4.41. The van der Waals surface area contributed by atoms with Crippen molar-refractivity contribution in [3.05, 3.63) is 64.7 Å². The van der Waals surface area contributed by atoms with Gasteiger partial charge in [0.05, 0.1) is 24.3 Å². The smallest absolute Gasteiger partial charge is 0.295 e. The first-order valence-electron chi connectivity index (χ1n) is 11.3. The fourth-order valence-electron chi connectivity index (χ4n) is 4.41. The van der Waals surface area contributed by atoms with Crippen molar-refractivity contribution in [1.82, 2.24) is 4.90 Å². The van der Waals surface area contributed by atoms with E-state index in [1.165, 1.54) is 17.0 Å². The van der Waals surface area contributed by atoms with Crippen LogP contribution in [-0.2, 0) is 14.3 Å². The molecule has 0 spiro atoms. The third-order valence-electron chi connectivity index (χ3n) is 6.08. The minimum absolute atomic E-state index is 0.0327. The minimum Gasteiger partial charge on any atom is -0.508 e. The Morgan fingerprint density at radius 3 is 2.58 bits per heavy atom. The van der Waals surface area contributed by atoms with Gasteiger partial charge in [-0.15, -0.1) is 0 Å². The molecule has 2 aliphatic rings. The van der Waals surface area contributed by atoms with Gasteiger partial charge in [0, 0.05) is 18.7 Å². The number of Topliss-reactive ketones (excluding diaryl/α,β-unsaturated/α-hetero) is 1. The molecule has 2 atom stereocenters. The molecule has 0 aliphatic carbocycles. The fraction of sp³-hybridized carbons (Fsp3) is 0.385. The molecule has 2 heterocycles. The molecule has 4 rings (SSSR count). The van der Waals surface area contributed by atoms with Gasteiger partial charge in [0.1, 0.15) is 17.3 Å². The first-order valence-corrected chi connectivity index (χ1v) is 11.3. The average molecular weight is 452 g/mol. The van der Waals surface area contributed by atoms with Crippen molar-refractivity contribution < 1.29 is 29.3 Å². The molecule has 1 amide bonds. The van der Waals surface area contributed by atoms with Crippen molar-refractivity contribution in [2.45, 2.75) is 45.3 Å². The minimum atomic E-state index is -0.772. The van der Waals surface area contributed by atoms with Crippen LogP contribution >= 0.6 is 0 Å². The van der Waals surface area contributed by atoms with E-state index in [1.54, 1.807) is 30.3 Å². The van der Waals surface area contributed by atoms with Crippen LogP contribution in [0.3, 0.4) is 0 Å². The lowest BCUT2D eigenvalue weighted by atomic mass is 9.94. The van der Waals surface area contributed by atoms with Crippen LogP contribution in [0, 0.1) is 6.92 Å². The van der Waals surface area contributed by atoms with Crippen molar-refractivity contribution in [1.29, 1.82) is 0 Å². The standard InChI is InChI=1S/C26H29NO6/c1-3-12-33-21-11-8-18(14-16(21)2)24(29)22-23(17-6-9-19(28)10-7-17)27(26(31)25(22)30)15-20-5-4-13-32-20/h6-11,14,20,23,28-29H,3-5,12-13,15H2,1-2H3/b24-22-. The summed E-state index contributed by atoms with van der Waals surface area (Å²) >= 11 is 0. The Bertz CT molecular complexity index is 1070. The van der Waals surface area contributed by atoms with Crippen LogP contribution in [0.5, 0.6) is 11.5 Å². The van der Waals surface area contributed by atoms with Gasteiger partial charge in [0.25, 0.3) is 11.7 Å². The Kier molecular flexibility index (Phi) is 6.70. The van der Waals surface area contributed by atoms with Crippen molar-refractivity contribution in [3.8, 4) is 11.5 Å². The highest BCUT2D eigenvalue weighted by Gasteiger charge is 2.47. The molecule has 0 aromatic heterocycles. The Labute approximate surface area is 193 Å². The van der Waals surface area contributed by atoms with Gasteiger partial charge in [-0.25, -0.2) is 0 Å². The summed E-state index contributed by atoms with van der Waals surface area (Å²) in [7, 11) is 0. The number of aryl methyl sites for hydroxylation is 1. The average Bonchev–Trinajstić information content (AvgIpc) is 3.41. The lowest BCUT2D eigenvalue weighted by Gasteiger charge is -2.27. The zero-order chi connectivity index (χ0) is 23.5. The summed E-state index contributed by atoms with van der Waals surface area (Å²) in [4.78, 5) is 27.6. The summed E-state index contributed by atoms with van der Waals surface area (Å²) in [5.41, 5.74) is 1.92. The number of phenolic OH excluding ortho intramolecular Hbond substituents is 1. The predicted molar refractivity (Wildman–Crippen MR) is 123 cm³/mol. The van der Waals surface area contributed by atoms with Crippen LogP contribution < -0.4 is 4.74 Å². The van der Waals surface area contributed by atoms with E-state index in [2.05, 4.69) is 0 Å². The van der Waals surface area contributed by atoms with Crippen molar-refractivity contribution >= 4 is 17.4 Å². The van der Waals surface area contributed by atoms with Gasteiger partial charge in [-0.1, -0.05) is 19.1 Å². The molecule has 2 saturated heterocycles. The zero-order valence-corrected chi connectivity index (χ0v) is 18.9.